The SMILES string of the molecule is CCOc1cc(CSC(C)CC=O)ccc1O. The molecule has 1 unspecified atom stereocenters. The summed E-state index contributed by atoms with van der Waals surface area (Å²) in [7, 11) is 0. The Hall–Kier alpha value is -1.16. The average molecular weight is 254 g/mol. The standard InChI is InChI=1S/C13H18O3S/c1-3-16-13-8-11(4-5-12(13)15)9-17-10(2)6-7-14/h4-5,7-8,10,15H,3,6,9H2,1-2H3. The number of aromatic hydroxyl groups is 1. The first-order valence-corrected chi connectivity index (χ1v) is 6.72. The second kappa shape index (κ2) is 7.22. The number of phenols is 1. The molecular weight excluding hydrogens is 236 g/mol. The van der Waals surface area contributed by atoms with Crippen LogP contribution in [0, 0.1) is 0 Å². The zero-order chi connectivity index (χ0) is 12.7. The molecule has 4 heteroatoms. The van der Waals surface area contributed by atoms with Gasteiger partial charge in [-0.05, 0) is 24.6 Å². The highest BCUT2D eigenvalue weighted by molar-refractivity contribution is 7.99. The van der Waals surface area contributed by atoms with Gasteiger partial charge in [0.05, 0.1) is 6.61 Å². The van der Waals surface area contributed by atoms with Crippen molar-refractivity contribution in [2.24, 2.45) is 0 Å². The van der Waals surface area contributed by atoms with Gasteiger partial charge in [0.15, 0.2) is 11.5 Å². The fraction of sp³-hybridized carbons (Fsp3) is 0.462. The number of rotatable bonds is 7. The monoisotopic (exact) mass is 254 g/mol. The molecule has 1 rings (SSSR count). The minimum absolute atomic E-state index is 0.168. The molecule has 3 nitrogen and oxygen atoms in total. The molecular formula is C13H18O3S. The third kappa shape index (κ3) is 4.69. The van der Waals surface area contributed by atoms with Gasteiger partial charge in [-0.2, -0.15) is 11.8 Å². The lowest BCUT2D eigenvalue weighted by Crippen LogP contribution is -1.98. The molecule has 1 aromatic rings. The molecule has 0 aliphatic heterocycles. The Morgan fingerprint density at radius 1 is 1.53 bits per heavy atom. The number of hydrogen-bond donors (Lipinski definition) is 1. The zero-order valence-electron chi connectivity index (χ0n) is 10.2. The van der Waals surface area contributed by atoms with Gasteiger partial charge >= 0.3 is 0 Å². The average Bonchev–Trinajstić information content (AvgIpc) is 2.31. The van der Waals surface area contributed by atoms with Gasteiger partial charge in [-0.1, -0.05) is 13.0 Å². The summed E-state index contributed by atoms with van der Waals surface area (Å²) in [5.41, 5.74) is 1.09. The van der Waals surface area contributed by atoms with Crippen LogP contribution in [0.3, 0.4) is 0 Å². The van der Waals surface area contributed by atoms with Crippen molar-refractivity contribution in [2.45, 2.75) is 31.3 Å². The lowest BCUT2D eigenvalue weighted by molar-refractivity contribution is -0.107. The van der Waals surface area contributed by atoms with Crippen molar-refractivity contribution < 1.29 is 14.6 Å². The number of hydrogen-bond acceptors (Lipinski definition) is 4. The van der Waals surface area contributed by atoms with Crippen LogP contribution in [0.25, 0.3) is 0 Å². The molecule has 0 bridgehead atoms. The van der Waals surface area contributed by atoms with E-state index in [9.17, 15) is 9.90 Å². The van der Waals surface area contributed by atoms with Crippen LogP contribution in [0.2, 0.25) is 0 Å². The lowest BCUT2D eigenvalue weighted by atomic mass is 10.2. The highest BCUT2D eigenvalue weighted by atomic mass is 32.2. The Kier molecular flexibility index (Phi) is 5.91. The first-order chi connectivity index (χ1) is 8.17. The molecule has 0 heterocycles. The molecule has 94 valence electrons. The van der Waals surface area contributed by atoms with Crippen LogP contribution in [-0.4, -0.2) is 23.2 Å². The largest absolute Gasteiger partial charge is 0.504 e. The van der Waals surface area contributed by atoms with Crippen molar-refractivity contribution >= 4 is 18.0 Å². The Morgan fingerprint density at radius 3 is 2.94 bits per heavy atom. The number of thioether (sulfide) groups is 1. The molecule has 0 saturated carbocycles. The number of carbonyl (C=O) groups excluding carboxylic acids is 1. The summed E-state index contributed by atoms with van der Waals surface area (Å²) in [4.78, 5) is 10.3. The number of aldehydes is 1. The van der Waals surface area contributed by atoms with E-state index in [4.69, 9.17) is 4.74 Å². The van der Waals surface area contributed by atoms with E-state index in [0.29, 0.717) is 24.0 Å². The predicted octanol–water partition coefficient (Wildman–Crippen LogP) is 3.00. The van der Waals surface area contributed by atoms with Crippen LogP contribution in [0.4, 0.5) is 0 Å². The van der Waals surface area contributed by atoms with Crippen molar-refractivity contribution in [1.29, 1.82) is 0 Å². The lowest BCUT2D eigenvalue weighted by Gasteiger charge is -2.10. The van der Waals surface area contributed by atoms with E-state index in [1.54, 1.807) is 17.8 Å². The van der Waals surface area contributed by atoms with E-state index in [0.717, 1.165) is 17.6 Å². The molecule has 0 radical (unpaired) electrons. The zero-order valence-corrected chi connectivity index (χ0v) is 11.0. The van der Waals surface area contributed by atoms with Crippen LogP contribution in [0.5, 0.6) is 11.5 Å². The number of ether oxygens (including phenoxy) is 1. The van der Waals surface area contributed by atoms with Crippen LogP contribution in [0.1, 0.15) is 25.8 Å². The maximum absolute atomic E-state index is 10.3. The Labute approximate surface area is 106 Å². The van der Waals surface area contributed by atoms with E-state index >= 15 is 0 Å². The maximum Gasteiger partial charge on any atom is 0.161 e. The summed E-state index contributed by atoms with van der Waals surface area (Å²) < 4.78 is 5.32. The molecule has 0 amide bonds. The van der Waals surface area contributed by atoms with Gasteiger partial charge in [0, 0.05) is 17.4 Å². The van der Waals surface area contributed by atoms with Crippen molar-refractivity contribution in [3.05, 3.63) is 23.8 Å². The quantitative estimate of drug-likeness (QED) is 0.760. The number of carbonyl (C=O) groups is 1. The molecule has 1 aromatic carbocycles. The smallest absolute Gasteiger partial charge is 0.161 e. The topological polar surface area (TPSA) is 46.5 Å². The van der Waals surface area contributed by atoms with Crippen molar-refractivity contribution in [2.75, 3.05) is 6.61 Å². The molecule has 1 N–H and O–H groups in total. The minimum Gasteiger partial charge on any atom is -0.504 e. The second-order valence-electron chi connectivity index (χ2n) is 3.76. The van der Waals surface area contributed by atoms with Gasteiger partial charge in [-0.25, -0.2) is 0 Å². The normalized spacial score (nSPS) is 12.1. The fourth-order valence-electron chi connectivity index (χ4n) is 1.36. The Bertz CT molecular complexity index is 366. The van der Waals surface area contributed by atoms with Crippen molar-refractivity contribution in [1.82, 2.24) is 0 Å². The van der Waals surface area contributed by atoms with E-state index in [-0.39, 0.29) is 5.75 Å². The van der Waals surface area contributed by atoms with Crippen LogP contribution < -0.4 is 4.74 Å². The number of phenolic OH excluding ortho intramolecular Hbond substituents is 1. The summed E-state index contributed by atoms with van der Waals surface area (Å²) in [6.07, 6.45) is 1.52. The first kappa shape index (κ1) is 13.9. The number of benzene rings is 1. The van der Waals surface area contributed by atoms with Crippen LogP contribution in [-0.2, 0) is 10.5 Å². The third-order valence-corrected chi connectivity index (χ3v) is 3.55. The van der Waals surface area contributed by atoms with Gasteiger partial charge < -0.3 is 14.6 Å². The summed E-state index contributed by atoms with van der Waals surface area (Å²) in [5, 5.41) is 9.87. The molecule has 0 aliphatic carbocycles. The van der Waals surface area contributed by atoms with Gasteiger partial charge in [-0.15, -0.1) is 0 Å². The van der Waals surface area contributed by atoms with Gasteiger partial charge in [0.1, 0.15) is 6.29 Å². The van der Waals surface area contributed by atoms with Gasteiger partial charge in [0.2, 0.25) is 0 Å². The highest BCUT2D eigenvalue weighted by Crippen LogP contribution is 2.29. The Morgan fingerprint density at radius 2 is 2.29 bits per heavy atom. The van der Waals surface area contributed by atoms with Crippen LogP contribution in [0.15, 0.2) is 18.2 Å². The summed E-state index contributed by atoms with van der Waals surface area (Å²) >= 11 is 1.72. The Balaban J connectivity index is 2.59. The summed E-state index contributed by atoms with van der Waals surface area (Å²) in [6, 6.07) is 5.36. The van der Waals surface area contributed by atoms with Crippen molar-refractivity contribution in [3.8, 4) is 11.5 Å². The molecule has 0 aromatic heterocycles. The van der Waals surface area contributed by atoms with Gasteiger partial charge in [0.25, 0.3) is 0 Å². The molecule has 0 saturated heterocycles. The molecule has 0 fully saturated rings. The third-order valence-electron chi connectivity index (χ3n) is 2.29. The highest BCUT2D eigenvalue weighted by Gasteiger charge is 2.06. The van der Waals surface area contributed by atoms with E-state index in [1.807, 2.05) is 26.0 Å². The summed E-state index contributed by atoms with van der Waals surface area (Å²) in [5.74, 6) is 1.50. The molecule has 0 aliphatic rings. The van der Waals surface area contributed by atoms with Crippen molar-refractivity contribution in [3.63, 3.8) is 0 Å². The second-order valence-corrected chi connectivity index (χ2v) is 5.19. The fourth-order valence-corrected chi connectivity index (χ4v) is 2.23. The van der Waals surface area contributed by atoms with Crippen LogP contribution >= 0.6 is 11.8 Å². The molecule has 17 heavy (non-hydrogen) atoms. The van der Waals surface area contributed by atoms with E-state index in [2.05, 4.69) is 0 Å². The van der Waals surface area contributed by atoms with Gasteiger partial charge in [-0.3, -0.25) is 0 Å². The molecule has 0 spiro atoms. The predicted molar refractivity (Wildman–Crippen MR) is 70.7 cm³/mol. The molecule has 1 atom stereocenters. The van der Waals surface area contributed by atoms with E-state index < -0.39 is 0 Å². The van der Waals surface area contributed by atoms with E-state index in [1.165, 1.54) is 0 Å². The maximum atomic E-state index is 10.3. The minimum atomic E-state index is 0.168. The first-order valence-electron chi connectivity index (χ1n) is 5.67. The summed E-state index contributed by atoms with van der Waals surface area (Å²) in [6.45, 7) is 4.45.